The molecular formula is C20H25N5O. The van der Waals surface area contributed by atoms with Gasteiger partial charge in [0.2, 0.25) is 0 Å². The van der Waals surface area contributed by atoms with Crippen LogP contribution in [0.5, 0.6) is 0 Å². The van der Waals surface area contributed by atoms with Gasteiger partial charge in [-0.15, -0.1) is 0 Å². The minimum Gasteiger partial charge on any atom is -0.349 e. The van der Waals surface area contributed by atoms with E-state index >= 15 is 0 Å². The van der Waals surface area contributed by atoms with E-state index in [4.69, 9.17) is 0 Å². The summed E-state index contributed by atoms with van der Waals surface area (Å²) in [5.74, 6) is -0.125. The van der Waals surface area contributed by atoms with Crippen molar-refractivity contribution in [3.63, 3.8) is 0 Å². The number of amides is 1. The first kappa shape index (κ1) is 18.1. The highest BCUT2D eigenvalue weighted by Crippen LogP contribution is 2.15. The third-order valence-corrected chi connectivity index (χ3v) is 4.63. The molecule has 1 amide bonds. The quantitative estimate of drug-likeness (QED) is 0.715. The smallest absolute Gasteiger partial charge is 0.270 e. The first-order chi connectivity index (χ1) is 12.4. The number of aryl methyl sites for hydroxylation is 2. The van der Waals surface area contributed by atoms with Crippen molar-refractivity contribution in [3.8, 4) is 0 Å². The summed E-state index contributed by atoms with van der Waals surface area (Å²) in [6, 6.07) is 8.42. The van der Waals surface area contributed by atoms with Crippen LogP contribution in [0.3, 0.4) is 0 Å². The Morgan fingerprint density at radius 2 is 2.08 bits per heavy atom. The average molecular weight is 351 g/mol. The molecule has 0 saturated heterocycles. The molecule has 2 N–H and O–H groups in total. The van der Waals surface area contributed by atoms with Crippen LogP contribution in [0.4, 0.5) is 0 Å². The second kappa shape index (κ2) is 7.66. The lowest BCUT2D eigenvalue weighted by molar-refractivity contribution is 0.0936. The maximum atomic E-state index is 12.5. The molecule has 0 aliphatic heterocycles. The Morgan fingerprint density at radius 3 is 2.81 bits per heavy atom. The zero-order valence-corrected chi connectivity index (χ0v) is 15.7. The molecule has 3 rings (SSSR count). The maximum absolute atomic E-state index is 12.5. The Morgan fingerprint density at radius 1 is 1.27 bits per heavy atom. The number of hydrogen-bond acceptors (Lipinski definition) is 4. The van der Waals surface area contributed by atoms with Crippen LogP contribution >= 0.6 is 0 Å². The summed E-state index contributed by atoms with van der Waals surface area (Å²) in [6.45, 7) is 4.45. The number of H-pyrrole nitrogens is 1. The highest BCUT2D eigenvalue weighted by molar-refractivity contribution is 5.93. The molecule has 0 aliphatic carbocycles. The molecule has 0 saturated carbocycles. The lowest BCUT2D eigenvalue weighted by Gasteiger charge is -2.25. The van der Waals surface area contributed by atoms with Crippen LogP contribution in [0.25, 0.3) is 10.9 Å². The molecule has 0 aliphatic rings. The van der Waals surface area contributed by atoms with Gasteiger partial charge >= 0.3 is 0 Å². The summed E-state index contributed by atoms with van der Waals surface area (Å²) in [4.78, 5) is 18.9. The summed E-state index contributed by atoms with van der Waals surface area (Å²) >= 11 is 0. The van der Waals surface area contributed by atoms with Crippen LogP contribution in [0.1, 0.15) is 27.2 Å². The second-order valence-electron chi connectivity index (χ2n) is 6.99. The van der Waals surface area contributed by atoms with E-state index in [-0.39, 0.29) is 11.9 Å². The van der Waals surface area contributed by atoms with E-state index in [0.717, 1.165) is 28.5 Å². The molecule has 6 heteroatoms. The van der Waals surface area contributed by atoms with Crippen molar-refractivity contribution in [3.05, 3.63) is 59.0 Å². The molecule has 0 fully saturated rings. The largest absolute Gasteiger partial charge is 0.349 e. The summed E-state index contributed by atoms with van der Waals surface area (Å²) < 4.78 is 0. The van der Waals surface area contributed by atoms with Gasteiger partial charge in [0.05, 0.1) is 5.52 Å². The van der Waals surface area contributed by atoms with Gasteiger partial charge in [0.25, 0.3) is 5.91 Å². The van der Waals surface area contributed by atoms with Crippen molar-refractivity contribution in [2.24, 2.45) is 0 Å². The van der Waals surface area contributed by atoms with Crippen LogP contribution in [0.15, 0.2) is 36.7 Å². The third-order valence-electron chi connectivity index (χ3n) is 4.63. The van der Waals surface area contributed by atoms with E-state index < -0.39 is 0 Å². The van der Waals surface area contributed by atoms with E-state index in [1.807, 2.05) is 46.3 Å². The fourth-order valence-electron chi connectivity index (χ4n) is 3.08. The molecule has 0 unspecified atom stereocenters. The number of carbonyl (C=O) groups is 1. The predicted molar refractivity (Wildman–Crippen MR) is 103 cm³/mol. The topological polar surface area (TPSA) is 73.9 Å². The van der Waals surface area contributed by atoms with Crippen LogP contribution in [-0.2, 0) is 6.42 Å². The van der Waals surface area contributed by atoms with E-state index in [1.54, 1.807) is 6.20 Å². The molecule has 136 valence electrons. The molecule has 26 heavy (non-hydrogen) atoms. The number of pyridine rings is 1. The molecule has 2 aromatic heterocycles. The van der Waals surface area contributed by atoms with Crippen molar-refractivity contribution in [2.75, 3.05) is 20.6 Å². The standard InChI is InChI=1S/C20H25N5O/c1-13-7-14(2)19(21-10-13)20(26)22-12-17(25(3)4)9-15-5-6-18-16(8-15)11-23-24-18/h5-8,10-11,17H,9,12H2,1-4H3,(H,22,26)(H,23,24)/t17-/m0/s1. The van der Waals surface area contributed by atoms with Crippen LogP contribution in [-0.4, -0.2) is 52.7 Å². The molecule has 2 heterocycles. The number of aromatic nitrogens is 3. The number of hydrogen-bond donors (Lipinski definition) is 2. The number of fused-ring (bicyclic) bond motifs is 1. The SMILES string of the molecule is Cc1cnc(C(=O)NC[C@H](Cc2ccc3n[nH]cc3c2)N(C)C)c(C)c1. The van der Waals surface area contributed by atoms with Gasteiger partial charge < -0.3 is 10.2 Å². The van der Waals surface area contributed by atoms with E-state index in [1.165, 1.54) is 5.56 Å². The van der Waals surface area contributed by atoms with Gasteiger partial charge in [0, 0.05) is 30.4 Å². The van der Waals surface area contributed by atoms with Crippen molar-refractivity contribution < 1.29 is 4.79 Å². The first-order valence-corrected chi connectivity index (χ1v) is 8.74. The number of carbonyl (C=O) groups excluding carboxylic acids is 1. The summed E-state index contributed by atoms with van der Waals surface area (Å²) in [5, 5.41) is 11.2. The van der Waals surface area contributed by atoms with Crippen LogP contribution in [0, 0.1) is 13.8 Å². The minimum atomic E-state index is -0.125. The van der Waals surface area contributed by atoms with Crippen molar-refractivity contribution >= 4 is 16.8 Å². The van der Waals surface area contributed by atoms with Gasteiger partial charge in [-0.1, -0.05) is 12.1 Å². The molecule has 1 aromatic carbocycles. The highest BCUT2D eigenvalue weighted by Gasteiger charge is 2.16. The van der Waals surface area contributed by atoms with Gasteiger partial charge in [-0.25, -0.2) is 0 Å². The summed E-state index contributed by atoms with van der Waals surface area (Å²) in [7, 11) is 4.06. The minimum absolute atomic E-state index is 0.125. The van der Waals surface area contributed by atoms with E-state index in [9.17, 15) is 4.79 Å². The monoisotopic (exact) mass is 351 g/mol. The Kier molecular flexibility index (Phi) is 5.32. The lowest BCUT2D eigenvalue weighted by atomic mass is 10.0. The predicted octanol–water partition coefficient (Wildman–Crippen LogP) is 2.48. The summed E-state index contributed by atoms with van der Waals surface area (Å²) in [5.41, 5.74) is 4.63. The fraction of sp³-hybridized carbons (Fsp3) is 0.350. The molecule has 0 bridgehead atoms. The fourth-order valence-corrected chi connectivity index (χ4v) is 3.08. The van der Waals surface area contributed by atoms with Crippen molar-refractivity contribution in [2.45, 2.75) is 26.3 Å². The van der Waals surface area contributed by atoms with Gasteiger partial charge in [-0.2, -0.15) is 5.10 Å². The zero-order valence-electron chi connectivity index (χ0n) is 15.7. The number of benzene rings is 1. The Bertz CT molecular complexity index is 915. The molecule has 6 nitrogen and oxygen atoms in total. The molecule has 0 spiro atoms. The molecule has 3 aromatic rings. The third kappa shape index (κ3) is 4.08. The van der Waals surface area contributed by atoms with E-state index in [0.29, 0.717) is 12.2 Å². The van der Waals surface area contributed by atoms with Gasteiger partial charge in [-0.05, 0) is 63.2 Å². The van der Waals surface area contributed by atoms with Gasteiger partial charge in [0.1, 0.15) is 5.69 Å². The number of likely N-dealkylation sites (N-methyl/N-ethyl adjacent to an activating group) is 1. The highest BCUT2D eigenvalue weighted by atomic mass is 16.1. The Balaban J connectivity index is 1.67. The summed E-state index contributed by atoms with van der Waals surface area (Å²) in [6.07, 6.45) is 4.47. The number of aromatic amines is 1. The number of rotatable bonds is 6. The first-order valence-electron chi connectivity index (χ1n) is 8.74. The number of nitrogens with zero attached hydrogens (tertiary/aromatic N) is 3. The average Bonchev–Trinajstić information content (AvgIpc) is 3.05. The van der Waals surface area contributed by atoms with Gasteiger partial charge in [-0.3, -0.25) is 14.9 Å². The number of nitrogens with one attached hydrogen (secondary N) is 2. The van der Waals surface area contributed by atoms with Gasteiger partial charge in [0.15, 0.2) is 0 Å². The van der Waals surface area contributed by atoms with Crippen molar-refractivity contribution in [1.29, 1.82) is 0 Å². The van der Waals surface area contributed by atoms with Crippen LogP contribution in [0.2, 0.25) is 0 Å². The normalized spacial score (nSPS) is 12.5. The second-order valence-corrected chi connectivity index (χ2v) is 6.99. The maximum Gasteiger partial charge on any atom is 0.270 e. The zero-order chi connectivity index (χ0) is 18.7. The van der Waals surface area contributed by atoms with Crippen LogP contribution < -0.4 is 5.32 Å². The lowest BCUT2D eigenvalue weighted by Crippen LogP contribution is -2.42. The van der Waals surface area contributed by atoms with E-state index in [2.05, 4.69) is 37.5 Å². The van der Waals surface area contributed by atoms with Crippen molar-refractivity contribution in [1.82, 2.24) is 25.4 Å². The Labute approximate surface area is 153 Å². The molecule has 1 atom stereocenters. The Hall–Kier alpha value is -2.73. The molecular weight excluding hydrogens is 326 g/mol. The molecule has 0 radical (unpaired) electrons.